The van der Waals surface area contributed by atoms with E-state index in [4.69, 9.17) is 0 Å². The van der Waals surface area contributed by atoms with E-state index >= 15 is 0 Å². The van der Waals surface area contributed by atoms with Gasteiger partial charge in [-0.3, -0.25) is 14.9 Å². The number of piperidine rings is 1. The van der Waals surface area contributed by atoms with Crippen LogP contribution < -0.4 is 5.32 Å². The molecule has 0 spiro atoms. The number of carbonyl (C=O) groups is 1. The molecule has 0 atom stereocenters. The molecule has 0 unspecified atom stereocenters. The number of nitro groups is 1. The summed E-state index contributed by atoms with van der Waals surface area (Å²) in [5, 5.41) is 14.0. The third-order valence-electron chi connectivity index (χ3n) is 4.00. The number of benzene rings is 1. The van der Waals surface area contributed by atoms with E-state index in [1.165, 1.54) is 6.07 Å². The van der Waals surface area contributed by atoms with Crippen LogP contribution >= 0.6 is 12.4 Å². The van der Waals surface area contributed by atoms with Crippen molar-refractivity contribution in [3.8, 4) is 0 Å². The number of aryl methyl sites for hydroxylation is 1. The highest BCUT2D eigenvalue weighted by Crippen LogP contribution is 2.16. The minimum atomic E-state index is -0.409. The fourth-order valence-corrected chi connectivity index (χ4v) is 2.65. The van der Waals surface area contributed by atoms with Gasteiger partial charge in [0.2, 0.25) is 5.91 Å². The maximum atomic E-state index is 12.2. The van der Waals surface area contributed by atoms with E-state index in [1.54, 1.807) is 12.1 Å². The van der Waals surface area contributed by atoms with Gasteiger partial charge < -0.3 is 10.2 Å². The summed E-state index contributed by atoms with van der Waals surface area (Å²) in [4.78, 5) is 24.4. The molecule has 2 rings (SSSR count). The van der Waals surface area contributed by atoms with Crippen molar-refractivity contribution in [1.82, 2.24) is 10.2 Å². The molecule has 1 aromatic rings. The van der Waals surface area contributed by atoms with Gasteiger partial charge in [-0.2, -0.15) is 0 Å². The van der Waals surface area contributed by atoms with E-state index in [-0.39, 0.29) is 24.0 Å². The quantitative estimate of drug-likeness (QED) is 0.664. The molecule has 0 aliphatic carbocycles. The smallest absolute Gasteiger partial charge is 0.269 e. The van der Waals surface area contributed by atoms with Crippen molar-refractivity contribution in [1.29, 1.82) is 0 Å². The number of carbonyl (C=O) groups excluding carboxylic acids is 1. The highest BCUT2D eigenvalue weighted by Gasteiger charge is 2.21. The lowest BCUT2D eigenvalue weighted by molar-refractivity contribution is -0.384. The third-order valence-corrected chi connectivity index (χ3v) is 4.00. The molecule has 1 aliphatic rings. The minimum Gasteiger partial charge on any atom is -0.343 e. The van der Waals surface area contributed by atoms with Gasteiger partial charge in [0.25, 0.3) is 5.69 Å². The fourth-order valence-electron chi connectivity index (χ4n) is 2.65. The van der Waals surface area contributed by atoms with Crippen molar-refractivity contribution in [2.45, 2.75) is 31.7 Å². The first-order valence-corrected chi connectivity index (χ1v) is 7.28. The normalized spacial score (nSPS) is 15.2. The van der Waals surface area contributed by atoms with Gasteiger partial charge in [0, 0.05) is 37.7 Å². The van der Waals surface area contributed by atoms with Gasteiger partial charge in [0.15, 0.2) is 0 Å². The number of hydrogen-bond acceptors (Lipinski definition) is 4. The van der Waals surface area contributed by atoms with Crippen LogP contribution in [-0.4, -0.2) is 41.9 Å². The second kappa shape index (κ2) is 8.70. The zero-order valence-corrected chi connectivity index (χ0v) is 13.5. The maximum absolute atomic E-state index is 12.2. The lowest BCUT2D eigenvalue weighted by atomic mass is 10.0. The number of nitrogens with one attached hydrogen (secondary N) is 1. The van der Waals surface area contributed by atoms with Gasteiger partial charge >= 0.3 is 0 Å². The van der Waals surface area contributed by atoms with Crippen LogP contribution in [0.15, 0.2) is 24.3 Å². The Labute approximate surface area is 136 Å². The molecular formula is C15H22ClN3O3. The monoisotopic (exact) mass is 327 g/mol. The number of nitrogens with zero attached hydrogens (tertiary/aromatic N) is 2. The predicted octanol–water partition coefficient (Wildman–Crippen LogP) is 2.16. The van der Waals surface area contributed by atoms with Crippen LogP contribution in [0.25, 0.3) is 0 Å². The second-order valence-electron chi connectivity index (χ2n) is 5.37. The molecular weight excluding hydrogens is 306 g/mol. The zero-order chi connectivity index (χ0) is 15.2. The molecule has 1 aliphatic heterocycles. The molecule has 0 radical (unpaired) electrons. The highest BCUT2D eigenvalue weighted by atomic mass is 35.5. The van der Waals surface area contributed by atoms with Crippen LogP contribution in [-0.2, 0) is 11.2 Å². The first-order chi connectivity index (χ1) is 10.1. The number of amides is 1. The maximum Gasteiger partial charge on any atom is 0.269 e. The number of nitro benzene ring substituents is 1. The Bertz CT molecular complexity index is 517. The Balaban J connectivity index is 0.00000242. The molecule has 1 saturated heterocycles. The van der Waals surface area contributed by atoms with Crippen LogP contribution in [0, 0.1) is 10.1 Å². The molecule has 22 heavy (non-hydrogen) atoms. The van der Waals surface area contributed by atoms with Crippen LogP contribution in [0.5, 0.6) is 0 Å². The van der Waals surface area contributed by atoms with E-state index in [0.717, 1.165) is 31.5 Å². The first kappa shape index (κ1) is 18.4. The van der Waals surface area contributed by atoms with Gasteiger partial charge in [-0.05, 0) is 31.9 Å². The lowest BCUT2D eigenvalue weighted by Gasteiger charge is -2.31. The first-order valence-electron chi connectivity index (χ1n) is 7.28. The molecule has 1 heterocycles. The van der Waals surface area contributed by atoms with Crippen LogP contribution in [0.3, 0.4) is 0 Å². The predicted molar refractivity (Wildman–Crippen MR) is 87.3 cm³/mol. The van der Waals surface area contributed by atoms with Gasteiger partial charge in [0.1, 0.15) is 0 Å². The van der Waals surface area contributed by atoms with Gasteiger partial charge in [-0.25, -0.2) is 0 Å². The van der Waals surface area contributed by atoms with E-state index in [9.17, 15) is 14.9 Å². The van der Waals surface area contributed by atoms with Gasteiger partial charge in [-0.1, -0.05) is 12.1 Å². The van der Waals surface area contributed by atoms with Crippen molar-refractivity contribution >= 4 is 24.0 Å². The average Bonchev–Trinajstić information content (AvgIpc) is 2.53. The molecule has 0 saturated carbocycles. The number of non-ortho nitro benzene ring substituents is 1. The molecule has 6 nitrogen and oxygen atoms in total. The Morgan fingerprint density at radius 1 is 1.41 bits per heavy atom. The van der Waals surface area contributed by atoms with Gasteiger partial charge in [0.05, 0.1) is 4.92 Å². The van der Waals surface area contributed by atoms with Crippen molar-refractivity contribution < 1.29 is 9.72 Å². The molecule has 0 bridgehead atoms. The minimum absolute atomic E-state index is 0. The van der Waals surface area contributed by atoms with Crippen LogP contribution in [0.4, 0.5) is 5.69 Å². The molecule has 1 fully saturated rings. The van der Waals surface area contributed by atoms with Crippen molar-refractivity contribution in [3.63, 3.8) is 0 Å². The number of halogens is 1. The van der Waals surface area contributed by atoms with E-state index < -0.39 is 4.92 Å². The average molecular weight is 328 g/mol. The lowest BCUT2D eigenvalue weighted by Crippen LogP contribution is -2.44. The van der Waals surface area contributed by atoms with E-state index in [1.807, 2.05) is 18.0 Å². The Morgan fingerprint density at radius 3 is 2.68 bits per heavy atom. The number of rotatable bonds is 5. The van der Waals surface area contributed by atoms with E-state index in [0.29, 0.717) is 18.9 Å². The molecule has 1 aromatic carbocycles. The summed E-state index contributed by atoms with van der Waals surface area (Å²) in [6.45, 7) is 1.58. The van der Waals surface area contributed by atoms with E-state index in [2.05, 4.69) is 5.32 Å². The SMILES string of the molecule is CNC1CCN(C(=O)CCc2cccc([N+](=O)[O-])c2)CC1.Cl. The second-order valence-corrected chi connectivity index (χ2v) is 5.37. The Hall–Kier alpha value is -1.66. The Kier molecular flexibility index (Phi) is 7.27. The standard InChI is InChI=1S/C15H21N3O3.ClH/c1-16-13-7-9-17(10-8-13)15(19)6-5-12-3-2-4-14(11-12)18(20)21;/h2-4,11,13,16H,5-10H2,1H3;1H. The topological polar surface area (TPSA) is 75.5 Å². The number of hydrogen-bond donors (Lipinski definition) is 1. The molecule has 1 amide bonds. The molecule has 0 aromatic heterocycles. The largest absolute Gasteiger partial charge is 0.343 e. The van der Waals surface area contributed by atoms with Crippen molar-refractivity contribution in [3.05, 3.63) is 39.9 Å². The summed E-state index contributed by atoms with van der Waals surface area (Å²) < 4.78 is 0. The van der Waals surface area contributed by atoms with Gasteiger partial charge in [-0.15, -0.1) is 12.4 Å². The fraction of sp³-hybridized carbons (Fsp3) is 0.533. The summed E-state index contributed by atoms with van der Waals surface area (Å²) in [5.41, 5.74) is 0.914. The summed E-state index contributed by atoms with van der Waals surface area (Å²) in [7, 11) is 1.95. The third kappa shape index (κ3) is 4.96. The summed E-state index contributed by atoms with van der Waals surface area (Å²) in [5.74, 6) is 0.135. The summed E-state index contributed by atoms with van der Waals surface area (Å²) in [6, 6.07) is 7.00. The van der Waals surface area contributed by atoms with Crippen LogP contribution in [0.1, 0.15) is 24.8 Å². The highest BCUT2D eigenvalue weighted by molar-refractivity contribution is 5.85. The Morgan fingerprint density at radius 2 is 2.09 bits per heavy atom. The number of likely N-dealkylation sites (tertiary alicyclic amines) is 1. The molecule has 7 heteroatoms. The zero-order valence-electron chi connectivity index (χ0n) is 12.7. The van der Waals surface area contributed by atoms with Crippen LogP contribution in [0.2, 0.25) is 0 Å². The van der Waals surface area contributed by atoms with Crippen molar-refractivity contribution in [2.75, 3.05) is 20.1 Å². The molecule has 1 N–H and O–H groups in total. The molecule has 122 valence electrons. The van der Waals surface area contributed by atoms with Crippen molar-refractivity contribution in [2.24, 2.45) is 0 Å². The summed E-state index contributed by atoms with van der Waals surface area (Å²) in [6.07, 6.45) is 2.93. The summed E-state index contributed by atoms with van der Waals surface area (Å²) >= 11 is 0.